The van der Waals surface area contributed by atoms with E-state index < -0.39 is 6.10 Å². The molecule has 0 amide bonds. The molecule has 1 nitrogen and oxygen atoms in total. The molecule has 0 saturated carbocycles. The number of hydrogen-bond acceptors (Lipinski definition) is 1. The van der Waals surface area contributed by atoms with E-state index in [0.29, 0.717) is 0 Å². The largest absolute Gasteiger partial charge is 0.384 e. The minimum atomic E-state index is -0.658. The highest BCUT2D eigenvalue weighted by molar-refractivity contribution is 9.11. The average molecular weight is 319 g/mol. The molecule has 0 aliphatic rings. The highest BCUT2D eigenvalue weighted by atomic mass is 79.9. The Kier molecular flexibility index (Phi) is 6.54. The number of halogens is 1. The van der Waals surface area contributed by atoms with Gasteiger partial charge in [0.1, 0.15) is 6.10 Å². The van der Waals surface area contributed by atoms with Crippen molar-refractivity contribution in [2.45, 2.75) is 20.0 Å². The van der Waals surface area contributed by atoms with Gasteiger partial charge in [0.05, 0.1) is 0 Å². The Labute approximate surface area is 123 Å². The quantitative estimate of drug-likeness (QED) is 0.758. The molecule has 0 radical (unpaired) electrons. The third kappa shape index (κ3) is 4.05. The van der Waals surface area contributed by atoms with Gasteiger partial charge in [0.25, 0.3) is 0 Å². The molecule has 1 N–H and O–H groups in total. The van der Waals surface area contributed by atoms with Crippen molar-refractivity contribution < 1.29 is 5.11 Å². The molecule has 0 bridgehead atoms. The zero-order valence-corrected chi connectivity index (χ0v) is 12.9. The molecule has 1 atom stereocenters. The van der Waals surface area contributed by atoms with Crippen molar-refractivity contribution in [3.8, 4) is 0 Å². The van der Waals surface area contributed by atoms with E-state index in [1.165, 1.54) is 0 Å². The second-order valence-electron chi connectivity index (χ2n) is 4.17. The second kappa shape index (κ2) is 7.93. The van der Waals surface area contributed by atoms with Crippen LogP contribution in [0.25, 0.3) is 0 Å². The molecule has 19 heavy (non-hydrogen) atoms. The van der Waals surface area contributed by atoms with E-state index in [4.69, 9.17) is 0 Å². The number of aryl methyl sites for hydroxylation is 1. The van der Waals surface area contributed by atoms with Crippen molar-refractivity contribution in [2.24, 2.45) is 0 Å². The Morgan fingerprint density at radius 2 is 2.00 bits per heavy atom. The van der Waals surface area contributed by atoms with Gasteiger partial charge in [-0.15, -0.1) is 0 Å². The van der Waals surface area contributed by atoms with Gasteiger partial charge in [-0.3, -0.25) is 0 Å². The Morgan fingerprint density at radius 3 is 2.53 bits per heavy atom. The number of rotatable bonds is 5. The Morgan fingerprint density at radius 1 is 1.32 bits per heavy atom. The molecule has 1 aromatic carbocycles. The Balaban J connectivity index is 3.35. The number of aliphatic hydroxyl groups excluding tert-OH is 1. The third-order valence-electron chi connectivity index (χ3n) is 2.92. The minimum absolute atomic E-state index is 0.658. The molecule has 1 rings (SSSR count). The van der Waals surface area contributed by atoms with Crippen LogP contribution in [0.15, 0.2) is 71.3 Å². The van der Waals surface area contributed by atoms with Crippen molar-refractivity contribution >= 4 is 15.9 Å². The van der Waals surface area contributed by atoms with Gasteiger partial charge in [0.15, 0.2) is 0 Å². The van der Waals surface area contributed by atoms with Crippen LogP contribution in [0.3, 0.4) is 0 Å². The molecule has 0 fully saturated rings. The van der Waals surface area contributed by atoms with Crippen LogP contribution in [0.4, 0.5) is 0 Å². The fourth-order valence-corrected chi connectivity index (χ4v) is 2.22. The molecule has 0 saturated heterocycles. The summed E-state index contributed by atoms with van der Waals surface area (Å²) in [6, 6.07) is 7.85. The molecule has 0 heterocycles. The van der Waals surface area contributed by atoms with Crippen molar-refractivity contribution in [3.05, 3.63) is 82.4 Å². The number of allylic oxidation sites excluding steroid dienone is 4. The maximum atomic E-state index is 10.6. The van der Waals surface area contributed by atoms with Gasteiger partial charge in [0.2, 0.25) is 0 Å². The molecular weight excluding hydrogens is 300 g/mol. The standard InChI is InChI=1S/C17H19BrO/c1-4-8-16(14(5-2)11-12-18)17(19)15-10-7-6-9-13(15)3/h4-12,17,19H,2H2,1,3H3/b8-4-,12-11+,16-14-. The first kappa shape index (κ1) is 15.7. The van der Waals surface area contributed by atoms with E-state index in [9.17, 15) is 5.11 Å². The lowest BCUT2D eigenvalue weighted by Gasteiger charge is -2.17. The maximum Gasteiger partial charge on any atom is 0.105 e. The molecule has 0 aliphatic carbocycles. The molecule has 2 heteroatoms. The molecule has 1 unspecified atom stereocenters. The molecule has 0 aliphatic heterocycles. The van der Waals surface area contributed by atoms with E-state index in [0.717, 1.165) is 22.3 Å². The summed E-state index contributed by atoms with van der Waals surface area (Å²) < 4.78 is 0. The zero-order chi connectivity index (χ0) is 14.3. The average Bonchev–Trinajstić information content (AvgIpc) is 2.42. The van der Waals surface area contributed by atoms with Crippen molar-refractivity contribution in [1.82, 2.24) is 0 Å². The van der Waals surface area contributed by atoms with Crippen LogP contribution < -0.4 is 0 Å². The molecular formula is C17H19BrO. The first-order valence-electron chi connectivity index (χ1n) is 6.15. The van der Waals surface area contributed by atoms with Crippen LogP contribution in [0.2, 0.25) is 0 Å². The summed E-state index contributed by atoms with van der Waals surface area (Å²) in [7, 11) is 0. The SMILES string of the molecule is C=CC(/C=C/Br)=C(\C=C/C)C(O)c1ccccc1C. The van der Waals surface area contributed by atoms with Crippen LogP contribution in [-0.2, 0) is 0 Å². The van der Waals surface area contributed by atoms with E-state index in [-0.39, 0.29) is 0 Å². The number of benzene rings is 1. The van der Waals surface area contributed by atoms with Crippen molar-refractivity contribution in [2.75, 3.05) is 0 Å². The highest BCUT2D eigenvalue weighted by Gasteiger charge is 2.15. The van der Waals surface area contributed by atoms with Gasteiger partial charge in [-0.05, 0) is 47.2 Å². The smallest absolute Gasteiger partial charge is 0.105 e. The van der Waals surface area contributed by atoms with Gasteiger partial charge >= 0.3 is 0 Å². The lowest BCUT2D eigenvalue weighted by Crippen LogP contribution is -2.04. The summed E-state index contributed by atoms with van der Waals surface area (Å²) in [5.41, 5.74) is 3.72. The van der Waals surface area contributed by atoms with Gasteiger partial charge in [-0.2, -0.15) is 0 Å². The van der Waals surface area contributed by atoms with E-state index in [1.54, 1.807) is 11.1 Å². The topological polar surface area (TPSA) is 20.2 Å². The Hall–Kier alpha value is -1.38. The maximum absolute atomic E-state index is 10.6. The summed E-state index contributed by atoms with van der Waals surface area (Å²) in [5.74, 6) is 0. The molecule has 1 aromatic rings. The van der Waals surface area contributed by atoms with Crippen LogP contribution in [0, 0.1) is 6.92 Å². The summed E-state index contributed by atoms with van der Waals surface area (Å²) in [5, 5.41) is 10.6. The van der Waals surface area contributed by atoms with E-state index in [1.807, 2.05) is 56.3 Å². The fraction of sp³-hybridized carbons (Fsp3) is 0.176. The summed E-state index contributed by atoms with van der Waals surface area (Å²) in [6.07, 6.45) is 6.80. The minimum Gasteiger partial charge on any atom is -0.384 e. The summed E-state index contributed by atoms with van der Waals surface area (Å²) in [4.78, 5) is 1.76. The summed E-state index contributed by atoms with van der Waals surface area (Å²) in [6.45, 7) is 7.74. The van der Waals surface area contributed by atoms with Crippen LogP contribution >= 0.6 is 15.9 Å². The predicted molar refractivity (Wildman–Crippen MR) is 86.2 cm³/mol. The monoisotopic (exact) mass is 318 g/mol. The number of aliphatic hydroxyl groups is 1. The summed E-state index contributed by atoms with van der Waals surface area (Å²) >= 11 is 3.26. The van der Waals surface area contributed by atoms with Crippen molar-refractivity contribution in [1.29, 1.82) is 0 Å². The van der Waals surface area contributed by atoms with Gasteiger partial charge in [0, 0.05) is 0 Å². The van der Waals surface area contributed by atoms with Gasteiger partial charge in [-0.25, -0.2) is 0 Å². The molecule has 0 spiro atoms. The third-order valence-corrected chi connectivity index (χ3v) is 3.18. The van der Waals surface area contributed by atoms with Gasteiger partial charge in [-0.1, -0.05) is 65.0 Å². The molecule has 0 aromatic heterocycles. The predicted octanol–water partition coefficient (Wildman–Crippen LogP) is 5.00. The van der Waals surface area contributed by atoms with Crippen LogP contribution in [0.1, 0.15) is 24.2 Å². The molecule has 100 valence electrons. The van der Waals surface area contributed by atoms with Crippen LogP contribution in [0.5, 0.6) is 0 Å². The first-order chi connectivity index (χ1) is 9.15. The first-order valence-corrected chi connectivity index (χ1v) is 7.07. The lowest BCUT2D eigenvalue weighted by molar-refractivity contribution is 0.218. The van der Waals surface area contributed by atoms with Gasteiger partial charge < -0.3 is 5.11 Å². The normalized spacial score (nSPS) is 14.7. The number of hydrogen-bond donors (Lipinski definition) is 1. The van der Waals surface area contributed by atoms with E-state index in [2.05, 4.69) is 22.5 Å². The second-order valence-corrected chi connectivity index (χ2v) is 4.70. The van der Waals surface area contributed by atoms with Crippen molar-refractivity contribution in [3.63, 3.8) is 0 Å². The Bertz CT molecular complexity index is 524. The van der Waals surface area contributed by atoms with E-state index >= 15 is 0 Å². The lowest BCUT2D eigenvalue weighted by atomic mass is 9.93. The van der Waals surface area contributed by atoms with Crippen LogP contribution in [-0.4, -0.2) is 5.11 Å². The fourth-order valence-electron chi connectivity index (χ4n) is 1.94. The highest BCUT2D eigenvalue weighted by Crippen LogP contribution is 2.28. The zero-order valence-electron chi connectivity index (χ0n) is 11.3.